The Balaban J connectivity index is 1.46. The Morgan fingerprint density at radius 2 is 2.04 bits per heavy atom. The number of aromatic amines is 1. The maximum atomic E-state index is 12.4. The third kappa shape index (κ3) is 3.61. The van der Waals surface area contributed by atoms with Crippen LogP contribution in [-0.2, 0) is 31.6 Å². The molecule has 0 bridgehead atoms. The number of carbonyl (C=O) groups is 1. The Hall–Kier alpha value is -1.90. The predicted molar refractivity (Wildman–Crippen MR) is 103 cm³/mol. The van der Waals surface area contributed by atoms with Crippen LogP contribution in [0.1, 0.15) is 30.5 Å². The summed E-state index contributed by atoms with van der Waals surface area (Å²) in [5, 5.41) is 1.26. The summed E-state index contributed by atoms with van der Waals surface area (Å²) >= 11 is 0. The summed E-state index contributed by atoms with van der Waals surface area (Å²) in [4.78, 5) is 17.8. The molecule has 146 valence electrons. The van der Waals surface area contributed by atoms with Crippen LogP contribution >= 0.6 is 0 Å². The quantitative estimate of drug-likeness (QED) is 0.826. The van der Waals surface area contributed by atoms with E-state index in [4.69, 9.17) is 4.74 Å². The van der Waals surface area contributed by atoms with E-state index in [1.807, 2.05) is 11.0 Å². The lowest BCUT2D eigenvalue weighted by Crippen LogP contribution is -2.48. The van der Waals surface area contributed by atoms with E-state index >= 15 is 0 Å². The topological polar surface area (TPSA) is 91.5 Å². The molecule has 1 fully saturated rings. The van der Waals surface area contributed by atoms with Gasteiger partial charge in [0, 0.05) is 37.0 Å². The largest absolute Gasteiger partial charge is 0.368 e. The summed E-state index contributed by atoms with van der Waals surface area (Å²) in [5.74, 6) is -0.0197. The molecule has 2 aromatic rings. The monoisotopic (exact) mass is 391 g/mol. The number of fused-ring (bicyclic) bond motifs is 4. The van der Waals surface area contributed by atoms with Crippen LogP contribution in [0.15, 0.2) is 24.3 Å². The zero-order valence-electron chi connectivity index (χ0n) is 15.5. The molecule has 1 aromatic heterocycles. The van der Waals surface area contributed by atoms with Crippen LogP contribution in [0.3, 0.4) is 0 Å². The Bertz CT molecular complexity index is 958. The summed E-state index contributed by atoms with van der Waals surface area (Å²) in [7, 11) is -3.26. The number of ether oxygens (including phenoxy) is 1. The number of amides is 1. The average Bonchev–Trinajstić information content (AvgIpc) is 3.02. The zero-order valence-corrected chi connectivity index (χ0v) is 16.3. The van der Waals surface area contributed by atoms with E-state index in [0.29, 0.717) is 19.7 Å². The van der Waals surface area contributed by atoms with E-state index in [1.165, 1.54) is 16.6 Å². The van der Waals surface area contributed by atoms with Crippen molar-refractivity contribution in [2.24, 2.45) is 0 Å². The van der Waals surface area contributed by atoms with Gasteiger partial charge in [-0.15, -0.1) is 0 Å². The number of nitrogens with one attached hydrogen (secondary N) is 2. The van der Waals surface area contributed by atoms with Crippen LogP contribution in [-0.4, -0.2) is 56.7 Å². The second-order valence-electron chi connectivity index (χ2n) is 7.41. The minimum absolute atomic E-state index is 0.0197. The number of hydrogen-bond donors (Lipinski definition) is 2. The highest BCUT2D eigenvalue weighted by Crippen LogP contribution is 2.43. The molecule has 3 heterocycles. The van der Waals surface area contributed by atoms with E-state index in [9.17, 15) is 13.2 Å². The lowest BCUT2D eigenvalue weighted by Gasteiger charge is -2.43. The Kier molecular flexibility index (Phi) is 4.73. The molecule has 1 saturated heterocycles. The van der Waals surface area contributed by atoms with Crippen molar-refractivity contribution in [3.05, 3.63) is 35.5 Å². The van der Waals surface area contributed by atoms with Crippen molar-refractivity contribution in [3.63, 3.8) is 0 Å². The van der Waals surface area contributed by atoms with Crippen LogP contribution in [0.5, 0.6) is 0 Å². The van der Waals surface area contributed by atoms with Crippen molar-refractivity contribution in [2.45, 2.75) is 31.3 Å². The molecule has 27 heavy (non-hydrogen) atoms. The van der Waals surface area contributed by atoms with Crippen molar-refractivity contribution in [1.82, 2.24) is 14.6 Å². The summed E-state index contributed by atoms with van der Waals surface area (Å²) in [6.45, 7) is 2.07. The summed E-state index contributed by atoms with van der Waals surface area (Å²) in [6, 6.07) is 8.33. The highest BCUT2D eigenvalue weighted by molar-refractivity contribution is 7.88. The van der Waals surface area contributed by atoms with Crippen LogP contribution < -0.4 is 4.72 Å². The van der Waals surface area contributed by atoms with Gasteiger partial charge in [0.1, 0.15) is 5.60 Å². The molecule has 0 atom stereocenters. The van der Waals surface area contributed by atoms with Crippen molar-refractivity contribution in [2.75, 3.05) is 32.5 Å². The number of hydrogen-bond acceptors (Lipinski definition) is 4. The summed E-state index contributed by atoms with van der Waals surface area (Å²) in [5.41, 5.74) is 3.29. The van der Waals surface area contributed by atoms with Gasteiger partial charge in [0.25, 0.3) is 0 Å². The first kappa shape index (κ1) is 18.5. The molecule has 0 saturated carbocycles. The maximum Gasteiger partial charge on any atom is 0.223 e. The van der Waals surface area contributed by atoms with Crippen LogP contribution in [0.25, 0.3) is 10.9 Å². The molecule has 0 unspecified atom stereocenters. The molecule has 2 aliphatic rings. The second kappa shape index (κ2) is 6.92. The molecule has 7 nitrogen and oxygen atoms in total. The third-order valence-corrected chi connectivity index (χ3v) is 6.36. The summed E-state index contributed by atoms with van der Waals surface area (Å²) < 4.78 is 30.9. The SMILES string of the molecule is CS(=O)(=O)NCCC(=O)N1CCC2(CC1)OCCc1c2[nH]c2ccccc12. The number of rotatable bonds is 4. The molecule has 8 heteroatoms. The van der Waals surface area contributed by atoms with Crippen LogP contribution in [0, 0.1) is 0 Å². The first-order chi connectivity index (χ1) is 12.9. The Labute approximate surface area is 159 Å². The molecule has 0 radical (unpaired) electrons. The van der Waals surface area contributed by atoms with E-state index < -0.39 is 10.0 Å². The minimum Gasteiger partial charge on any atom is -0.368 e. The average molecular weight is 391 g/mol. The smallest absolute Gasteiger partial charge is 0.223 e. The fourth-order valence-corrected chi connectivity index (χ4v) is 4.76. The van der Waals surface area contributed by atoms with Gasteiger partial charge in [-0.25, -0.2) is 13.1 Å². The molecule has 2 aliphatic heterocycles. The second-order valence-corrected chi connectivity index (χ2v) is 9.25. The van der Waals surface area contributed by atoms with Gasteiger partial charge in [-0.3, -0.25) is 4.79 Å². The Morgan fingerprint density at radius 3 is 2.78 bits per heavy atom. The maximum absolute atomic E-state index is 12.4. The lowest BCUT2D eigenvalue weighted by atomic mass is 9.83. The first-order valence-electron chi connectivity index (χ1n) is 9.34. The molecular weight excluding hydrogens is 366 g/mol. The molecule has 4 rings (SSSR count). The highest BCUT2D eigenvalue weighted by Gasteiger charge is 2.43. The number of sulfonamides is 1. The number of aromatic nitrogens is 1. The van der Waals surface area contributed by atoms with Gasteiger partial charge in [-0.2, -0.15) is 0 Å². The summed E-state index contributed by atoms with van der Waals surface area (Å²) in [6.07, 6.45) is 3.68. The first-order valence-corrected chi connectivity index (χ1v) is 11.2. The molecular formula is C19H25N3O4S. The lowest BCUT2D eigenvalue weighted by molar-refractivity contribution is -0.140. The fourth-order valence-electron chi connectivity index (χ4n) is 4.28. The normalized spacial score (nSPS) is 19.4. The van der Waals surface area contributed by atoms with Gasteiger partial charge in [-0.1, -0.05) is 18.2 Å². The number of para-hydroxylation sites is 1. The van der Waals surface area contributed by atoms with Gasteiger partial charge in [0.2, 0.25) is 15.9 Å². The third-order valence-electron chi connectivity index (χ3n) is 5.63. The minimum atomic E-state index is -3.26. The highest BCUT2D eigenvalue weighted by atomic mass is 32.2. The van der Waals surface area contributed by atoms with Crippen LogP contribution in [0.4, 0.5) is 0 Å². The van der Waals surface area contributed by atoms with Gasteiger partial charge in [-0.05, 0) is 30.9 Å². The van der Waals surface area contributed by atoms with E-state index in [0.717, 1.165) is 31.0 Å². The number of piperidine rings is 1. The van der Waals surface area contributed by atoms with Gasteiger partial charge >= 0.3 is 0 Å². The number of carbonyl (C=O) groups excluding carboxylic acids is 1. The van der Waals surface area contributed by atoms with Crippen LogP contribution in [0.2, 0.25) is 0 Å². The van der Waals surface area contributed by atoms with Crippen molar-refractivity contribution >= 4 is 26.8 Å². The standard InChI is InChI=1S/C19H25N3O4S/c1-27(24,25)20-10-6-17(23)22-11-8-19(9-12-22)18-15(7-13-26-19)14-4-2-3-5-16(14)21-18/h2-5,20-21H,6-13H2,1H3. The molecule has 0 aliphatic carbocycles. The van der Waals surface area contributed by atoms with Crippen molar-refractivity contribution in [3.8, 4) is 0 Å². The van der Waals surface area contributed by atoms with Crippen molar-refractivity contribution < 1.29 is 17.9 Å². The Morgan fingerprint density at radius 1 is 1.30 bits per heavy atom. The van der Waals surface area contributed by atoms with Gasteiger partial charge in [0.15, 0.2) is 0 Å². The van der Waals surface area contributed by atoms with E-state index in [1.54, 1.807) is 0 Å². The number of likely N-dealkylation sites (tertiary alicyclic amines) is 1. The molecule has 1 amide bonds. The van der Waals surface area contributed by atoms with Crippen molar-refractivity contribution in [1.29, 1.82) is 0 Å². The van der Waals surface area contributed by atoms with Gasteiger partial charge in [0.05, 0.1) is 18.6 Å². The fraction of sp³-hybridized carbons (Fsp3) is 0.526. The number of benzene rings is 1. The van der Waals surface area contributed by atoms with Gasteiger partial charge < -0.3 is 14.6 Å². The molecule has 1 spiro atoms. The predicted octanol–water partition coefficient (Wildman–Crippen LogP) is 1.50. The zero-order chi connectivity index (χ0) is 19.1. The molecule has 1 aromatic carbocycles. The molecule has 2 N–H and O–H groups in total. The number of H-pyrrole nitrogens is 1. The van der Waals surface area contributed by atoms with E-state index in [2.05, 4.69) is 27.9 Å². The number of nitrogens with zero attached hydrogens (tertiary/aromatic N) is 1. The van der Waals surface area contributed by atoms with E-state index in [-0.39, 0.29) is 24.5 Å².